The van der Waals surface area contributed by atoms with Crippen LogP contribution in [0.4, 0.5) is 0 Å². The van der Waals surface area contributed by atoms with E-state index in [9.17, 15) is 14.4 Å². The standard InChI is InChI=1S/C13H20N2O4/c1-8-9(2)13(18)15(12(8)17)7-11(16)14-10-3-5-19-6-4-10/h8-10H,3-7H2,1-2H3,(H,14,16). The van der Waals surface area contributed by atoms with Gasteiger partial charge in [-0.1, -0.05) is 13.8 Å². The van der Waals surface area contributed by atoms with Crippen LogP contribution in [-0.2, 0) is 19.1 Å². The summed E-state index contributed by atoms with van der Waals surface area (Å²) in [6.07, 6.45) is 1.56. The molecule has 6 heteroatoms. The molecule has 0 bridgehead atoms. The van der Waals surface area contributed by atoms with Crippen LogP contribution in [0.5, 0.6) is 0 Å². The van der Waals surface area contributed by atoms with E-state index in [1.54, 1.807) is 13.8 Å². The Kier molecular flexibility index (Phi) is 4.19. The van der Waals surface area contributed by atoms with Crippen molar-refractivity contribution in [1.29, 1.82) is 0 Å². The van der Waals surface area contributed by atoms with Crippen molar-refractivity contribution < 1.29 is 19.1 Å². The van der Waals surface area contributed by atoms with Crippen molar-refractivity contribution >= 4 is 17.7 Å². The van der Waals surface area contributed by atoms with Crippen LogP contribution in [0.15, 0.2) is 0 Å². The Balaban J connectivity index is 1.88. The maximum atomic E-state index is 11.9. The van der Waals surface area contributed by atoms with Gasteiger partial charge in [0.25, 0.3) is 0 Å². The molecule has 2 heterocycles. The minimum Gasteiger partial charge on any atom is -0.381 e. The normalized spacial score (nSPS) is 28.8. The maximum Gasteiger partial charge on any atom is 0.240 e. The Bertz CT molecular complexity index is 370. The number of rotatable bonds is 3. The predicted molar refractivity (Wildman–Crippen MR) is 67.0 cm³/mol. The number of carbonyl (C=O) groups excluding carboxylic acids is 3. The first-order valence-electron chi connectivity index (χ1n) is 6.73. The molecule has 0 aromatic rings. The van der Waals surface area contributed by atoms with E-state index in [1.807, 2.05) is 0 Å². The van der Waals surface area contributed by atoms with Gasteiger partial charge in [-0.25, -0.2) is 0 Å². The van der Waals surface area contributed by atoms with E-state index in [1.165, 1.54) is 0 Å². The van der Waals surface area contributed by atoms with Gasteiger partial charge in [-0.2, -0.15) is 0 Å². The third-order valence-corrected chi connectivity index (χ3v) is 3.95. The van der Waals surface area contributed by atoms with E-state index in [-0.39, 0.29) is 42.1 Å². The molecular formula is C13H20N2O4. The number of amides is 3. The quantitative estimate of drug-likeness (QED) is 0.727. The summed E-state index contributed by atoms with van der Waals surface area (Å²) < 4.78 is 5.21. The van der Waals surface area contributed by atoms with Crippen LogP contribution < -0.4 is 5.32 Å². The molecule has 0 aliphatic carbocycles. The van der Waals surface area contributed by atoms with Crippen LogP contribution in [0.2, 0.25) is 0 Å². The number of hydrogen-bond acceptors (Lipinski definition) is 4. The highest BCUT2D eigenvalue weighted by molar-refractivity contribution is 6.06. The number of nitrogens with one attached hydrogen (secondary N) is 1. The summed E-state index contributed by atoms with van der Waals surface area (Å²) in [5, 5.41) is 2.85. The first-order chi connectivity index (χ1) is 9.00. The van der Waals surface area contributed by atoms with Gasteiger partial charge in [-0.05, 0) is 12.8 Å². The first kappa shape index (κ1) is 14.0. The van der Waals surface area contributed by atoms with E-state index in [4.69, 9.17) is 4.74 Å². The van der Waals surface area contributed by atoms with Gasteiger partial charge in [0.1, 0.15) is 6.54 Å². The van der Waals surface area contributed by atoms with Crippen LogP contribution in [0.3, 0.4) is 0 Å². The molecule has 0 saturated carbocycles. The van der Waals surface area contributed by atoms with Crippen molar-refractivity contribution in [2.24, 2.45) is 11.8 Å². The Morgan fingerprint density at radius 3 is 2.26 bits per heavy atom. The zero-order chi connectivity index (χ0) is 14.0. The second-order valence-electron chi connectivity index (χ2n) is 5.29. The molecule has 2 unspecified atom stereocenters. The zero-order valence-electron chi connectivity index (χ0n) is 11.3. The molecule has 2 atom stereocenters. The van der Waals surface area contributed by atoms with Crippen molar-refractivity contribution in [3.63, 3.8) is 0 Å². The average Bonchev–Trinajstić information content (AvgIpc) is 2.58. The second kappa shape index (κ2) is 5.69. The fourth-order valence-corrected chi connectivity index (χ4v) is 2.44. The lowest BCUT2D eigenvalue weighted by molar-refractivity contribution is -0.143. The van der Waals surface area contributed by atoms with E-state index in [0.29, 0.717) is 13.2 Å². The molecule has 2 saturated heterocycles. The molecule has 6 nitrogen and oxygen atoms in total. The molecule has 1 N–H and O–H groups in total. The number of nitrogens with zero attached hydrogens (tertiary/aromatic N) is 1. The summed E-state index contributed by atoms with van der Waals surface area (Å²) >= 11 is 0. The van der Waals surface area contributed by atoms with Crippen molar-refractivity contribution in [2.75, 3.05) is 19.8 Å². The number of likely N-dealkylation sites (tertiary alicyclic amines) is 1. The average molecular weight is 268 g/mol. The highest BCUT2D eigenvalue weighted by Crippen LogP contribution is 2.24. The van der Waals surface area contributed by atoms with Gasteiger partial charge in [0.2, 0.25) is 17.7 Å². The summed E-state index contributed by atoms with van der Waals surface area (Å²) in [7, 11) is 0. The third-order valence-electron chi connectivity index (χ3n) is 3.95. The number of ether oxygens (including phenoxy) is 1. The van der Waals surface area contributed by atoms with Gasteiger partial charge in [0.05, 0.1) is 0 Å². The zero-order valence-corrected chi connectivity index (χ0v) is 11.3. The van der Waals surface area contributed by atoms with Crippen molar-refractivity contribution in [3.8, 4) is 0 Å². The van der Waals surface area contributed by atoms with Crippen LogP contribution >= 0.6 is 0 Å². The molecule has 2 fully saturated rings. The smallest absolute Gasteiger partial charge is 0.240 e. The summed E-state index contributed by atoms with van der Waals surface area (Å²) in [4.78, 5) is 36.7. The Hall–Kier alpha value is -1.43. The van der Waals surface area contributed by atoms with Crippen LogP contribution in [-0.4, -0.2) is 48.4 Å². The van der Waals surface area contributed by atoms with Crippen molar-refractivity contribution in [2.45, 2.75) is 32.7 Å². The van der Waals surface area contributed by atoms with E-state index in [2.05, 4.69) is 5.32 Å². The van der Waals surface area contributed by atoms with Crippen molar-refractivity contribution in [1.82, 2.24) is 10.2 Å². The molecule has 3 amide bonds. The topological polar surface area (TPSA) is 75.7 Å². The molecule has 2 aliphatic heterocycles. The molecular weight excluding hydrogens is 248 g/mol. The molecule has 0 spiro atoms. The van der Waals surface area contributed by atoms with E-state index >= 15 is 0 Å². The van der Waals surface area contributed by atoms with E-state index < -0.39 is 0 Å². The number of carbonyl (C=O) groups is 3. The lowest BCUT2D eigenvalue weighted by Crippen LogP contribution is -2.46. The fourth-order valence-electron chi connectivity index (χ4n) is 2.44. The Morgan fingerprint density at radius 2 is 1.74 bits per heavy atom. The van der Waals surface area contributed by atoms with E-state index in [0.717, 1.165) is 17.7 Å². The minimum absolute atomic E-state index is 0.0869. The van der Waals surface area contributed by atoms with Crippen LogP contribution in [0.25, 0.3) is 0 Å². The summed E-state index contributed by atoms with van der Waals surface area (Å²) in [5.74, 6) is -1.43. The molecule has 0 radical (unpaired) electrons. The second-order valence-corrected chi connectivity index (χ2v) is 5.29. The highest BCUT2D eigenvalue weighted by atomic mass is 16.5. The SMILES string of the molecule is CC1C(=O)N(CC(=O)NC2CCOCC2)C(=O)C1C. The van der Waals surface area contributed by atoms with Gasteiger partial charge >= 0.3 is 0 Å². The van der Waals surface area contributed by atoms with Crippen molar-refractivity contribution in [3.05, 3.63) is 0 Å². The Morgan fingerprint density at radius 1 is 1.21 bits per heavy atom. The number of hydrogen-bond donors (Lipinski definition) is 1. The van der Waals surface area contributed by atoms with Gasteiger partial charge in [0, 0.05) is 31.1 Å². The minimum atomic E-state index is -0.330. The molecule has 2 aliphatic rings. The molecule has 0 aromatic carbocycles. The van der Waals surface area contributed by atoms with Gasteiger partial charge in [-0.3, -0.25) is 19.3 Å². The third kappa shape index (κ3) is 2.94. The fraction of sp³-hybridized carbons (Fsp3) is 0.769. The monoisotopic (exact) mass is 268 g/mol. The lowest BCUT2D eigenvalue weighted by atomic mass is 10.00. The Labute approximate surface area is 112 Å². The highest BCUT2D eigenvalue weighted by Gasteiger charge is 2.42. The summed E-state index contributed by atoms with van der Waals surface area (Å²) in [6.45, 7) is 4.56. The number of imide groups is 1. The molecule has 2 rings (SSSR count). The summed E-state index contributed by atoms with van der Waals surface area (Å²) in [6, 6.07) is 0.0869. The first-order valence-corrected chi connectivity index (χ1v) is 6.73. The van der Waals surface area contributed by atoms with Gasteiger partial charge < -0.3 is 10.1 Å². The lowest BCUT2D eigenvalue weighted by Gasteiger charge is -2.24. The summed E-state index contributed by atoms with van der Waals surface area (Å²) in [5.41, 5.74) is 0. The molecule has 19 heavy (non-hydrogen) atoms. The maximum absolute atomic E-state index is 11.9. The molecule has 106 valence electrons. The van der Waals surface area contributed by atoms with Crippen LogP contribution in [0, 0.1) is 11.8 Å². The predicted octanol–water partition coefficient (Wildman–Crippen LogP) is -0.0774. The molecule has 0 aromatic heterocycles. The van der Waals surface area contributed by atoms with Crippen LogP contribution in [0.1, 0.15) is 26.7 Å². The van der Waals surface area contributed by atoms with Gasteiger partial charge in [-0.15, -0.1) is 0 Å². The van der Waals surface area contributed by atoms with Gasteiger partial charge in [0.15, 0.2) is 0 Å². The largest absolute Gasteiger partial charge is 0.381 e.